The molecule has 0 atom stereocenters. The van der Waals surface area contributed by atoms with Gasteiger partial charge >= 0.3 is 0 Å². The second-order valence-corrected chi connectivity index (χ2v) is 4.33. The largest absolute Gasteiger partial charge is 0.317 e. The lowest BCUT2D eigenvalue weighted by Gasteiger charge is -2.21. The fourth-order valence-electron chi connectivity index (χ4n) is 1.86. The third-order valence-corrected chi connectivity index (χ3v) is 2.91. The van der Waals surface area contributed by atoms with Crippen LogP contribution < -0.4 is 5.32 Å². The van der Waals surface area contributed by atoms with Crippen LogP contribution in [0.3, 0.4) is 0 Å². The summed E-state index contributed by atoms with van der Waals surface area (Å²) in [7, 11) is 0. The highest BCUT2D eigenvalue weighted by Gasteiger charge is 2.27. The maximum absolute atomic E-state index is 3.39. The van der Waals surface area contributed by atoms with Crippen molar-refractivity contribution in [2.45, 2.75) is 52.0 Å². The SMILES string of the molecule is CCCCN(CCCNCC)C1CC1. The van der Waals surface area contributed by atoms with Gasteiger partial charge in [-0.1, -0.05) is 20.3 Å². The monoisotopic (exact) mass is 198 g/mol. The summed E-state index contributed by atoms with van der Waals surface area (Å²) in [5.74, 6) is 0. The molecule has 1 saturated carbocycles. The molecule has 1 N–H and O–H groups in total. The van der Waals surface area contributed by atoms with Crippen LogP contribution in [-0.4, -0.2) is 37.1 Å². The van der Waals surface area contributed by atoms with Crippen molar-refractivity contribution in [1.82, 2.24) is 10.2 Å². The van der Waals surface area contributed by atoms with E-state index in [1.165, 1.54) is 51.7 Å². The van der Waals surface area contributed by atoms with E-state index in [-0.39, 0.29) is 0 Å². The summed E-state index contributed by atoms with van der Waals surface area (Å²) in [5, 5.41) is 3.39. The maximum Gasteiger partial charge on any atom is 0.00964 e. The second-order valence-electron chi connectivity index (χ2n) is 4.33. The lowest BCUT2D eigenvalue weighted by atomic mass is 10.3. The van der Waals surface area contributed by atoms with E-state index in [1.807, 2.05) is 0 Å². The Hall–Kier alpha value is -0.0800. The highest BCUT2D eigenvalue weighted by molar-refractivity contribution is 4.84. The molecule has 0 aromatic rings. The Morgan fingerprint density at radius 2 is 1.86 bits per heavy atom. The molecular weight excluding hydrogens is 172 g/mol. The van der Waals surface area contributed by atoms with Gasteiger partial charge in [0.05, 0.1) is 0 Å². The van der Waals surface area contributed by atoms with Crippen molar-refractivity contribution in [2.75, 3.05) is 26.2 Å². The van der Waals surface area contributed by atoms with E-state index in [2.05, 4.69) is 24.1 Å². The summed E-state index contributed by atoms with van der Waals surface area (Å²) in [5.41, 5.74) is 0. The average Bonchev–Trinajstić information content (AvgIpc) is 3.00. The van der Waals surface area contributed by atoms with E-state index in [4.69, 9.17) is 0 Å². The van der Waals surface area contributed by atoms with Crippen molar-refractivity contribution < 1.29 is 0 Å². The number of nitrogens with zero attached hydrogens (tertiary/aromatic N) is 1. The van der Waals surface area contributed by atoms with Crippen molar-refractivity contribution in [2.24, 2.45) is 0 Å². The number of hydrogen-bond acceptors (Lipinski definition) is 2. The summed E-state index contributed by atoms with van der Waals surface area (Å²) in [6, 6.07) is 0.947. The molecule has 0 bridgehead atoms. The molecule has 0 unspecified atom stereocenters. The molecule has 14 heavy (non-hydrogen) atoms. The van der Waals surface area contributed by atoms with Gasteiger partial charge in [-0.25, -0.2) is 0 Å². The van der Waals surface area contributed by atoms with Crippen LogP contribution in [0.1, 0.15) is 46.0 Å². The molecule has 0 heterocycles. The molecule has 0 aliphatic heterocycles. The minimum Gasteiger partial charge on any atom is -0.317 e. The fraction of sp³-hybridized carbons (Fsp3) is 1.00. The van der Waals surface area contributed by atoms with Crippen LogP contribution in [0.4, 0.5) is 0 Å². The van der Waals surface area contributed by atoms with Crippen LogP contribution in [0.5, 0.6) is 0 Å². The van der Waals surface area contributed by atoms with E-state index in [0.29, 0.717) is 0 Å². The Labute approximate surface area is 89.1 Å². The molecule has 84 valence electrons. The standard InChI is InChI=1S/C12H26N2/c1-3-5-10-14(12-7-8-12)11-6-9-13-4-2/h12-13H,3-11H2,1-2H3. The zero-order valence-corrected chi connectivity index (χ0v) is 9.89. The van der Waals surface area contributed by atoms with Gasteiger partial charge in [-0.15, -0.1) is 0 Å². The summed E-state index contributed by atoms with van der Waals surface area (Å²) >= 11 is 0. The quantitative estimate of drug-likeness (QED) is 0.572. The summed E-state index contributed by atoms with van der Waals surface area (Å²) < 4.78 is 0. The zero-order chi connectivity index (χ0) is 10.2. The van der Waals surface area contributed by atoms with Crippen molar-refractivity contribution in [1.29, 1.82) is 0 Å². The van der Waals surface area contributed by atoms with Crippen LogP contribution in [0.2, 0.25) is 0 Å². The summed E-state index contributed by atoms with van der Waals surface area (Å²) in [4.78, 5) is 2.70. The zero-order valence-electron chi connectivity index (χ0n) is 9.89. The van der Waals surface area contributed by atoms with Crippen LogP contribution in [-0.2, 0) is 0 Å². The fourth-order valence-corrected chi connectivity index (χ4v) is 1.86. The molecule has 0 spiro atoms. The minimum atomic E-state index is 0.947. The van der Waals surface area contributed by atoms with E-state index < -0.39 is 0 Å². The lowest BCUT2D eigenvalue weighted by Crippen LogP contribution is -2.30. The topological polar surface area (TPSA) is 15.3 Å². The predicted molar refractivity (Wildman–Crippen MR) is 62.7 cm³/mol. The molecule has 1 aliphatic rings. The first-order chi connectivity index (χ1) is 6.88. The number of nitrogens with one attached hydrogen (secondary N) is 1. The van der Waals surface area contributed by atoms with Gasteiger partial charge in [0, 0.05) is 6.04 Å². The van der Waals surface area contributed by atoms with E-state index in [1.54, 1.807) is 0 Å². The summed E-state index contributed by atoms with van der Waals surface area (Å²) in [6.45, 7) is 9.38. The van der Waals surface area contributed by atoms with E-state index in [0.717, 1.165) is 12.6 Å². The van der Waals surface area contributed by atoms with Gasteiger partial charge in [0.2, 0.25) is 0 Å². The third-order valence-electron chi connectivity index (χ3n) is 2.91. The van der Waals surface area contributed by atoms with Crippen molar-refractivity contribution in [3.63, 3.8) is 0 Å². The first kappa shape index (κ1) is 12.0. The van der Waals surface area contributed by atoms with Crippen LogP contribution in [0.25, 0.3) is 0 Å². The molecule has 0 aromatic carbocycles. The Bertz CT molecular complexity index is 132. The third kappa shape index (κ3) is 4.97. The molecule has 2 nitrogen and oxygen atoms in total. The van der Waals surface area contributed by atoms with Crippen molar-refractivity contribution >= 4 is 0 Å². The molecule has 0 aromatic heterocycles. The number of unbranched alkanes of at least 4 members (excludes halogenated alkanes) is 1. The second kappa shape index (κ2) is 7.24. The minimum absolute atomic E-state index is 0.947. The molecule has 0 radical (unpaired) electrons. The van der Waals surface area contributed by atoms with Gasteiger partial charge in [0.15, 0.2) is 0 Å². The summed E-state index contributed by atoms with van der Waals surface area (Å²) in [6.07, 6.45) is 6.91. The van der Waals surface area contributed by atoms with Gasteiger partial charge in [0.1, 0.15) is 0 Å². The molecule has 0 saturated heterocycles. The molecule has 2 heteroatoms. The Kier molecular flexibility index (Phi) is 6.20. The normalized spacial score (nSPS) is 16.5. The van der Waals surface area contributed by atoms with Gasteiger partial charge in [-0.05, 0) is 51.9 Å². The van der Waals surface area contributed by atoms with Crippen LogP contribution >= 0.6 is 0 Å². The Balaban J connectivity index is 2.02. The highest BCUT2D eigenvalue weighted by Crippen LogP contribution is 2.26. The van der Waals surface area contributed by atoms with Gasteiger partial charge in [-0.2, -0.15) is 0 Å². The van der Waals surface area contributed by atoms with Crippen LogP contribution in [0, 0.1) is 0 Å². The smallest absolute Gasteiger partial charge is 0.00964 e. The first-order valence-corrected chi connectivity index (χ1v) is 6.33. The Morgan fingerprint density at radius 1 is 1.14 bits per heavy atom. The average molecular weight is 198 g/mol. The molecule has 0 amide bonds. The molecular formula is C12H26N2. The Morgan fingerprint density at radius 3 is 2.43 bits per heavy atom. The number of hydrogen-bond donors (Lipinski definition) is 1. The maximum atomic E-state index is 3.39. The van der Waals surface area contributed by atoms with Gasteiger partial charge in [-0.3, -0.25) is 0 Å². The lowest BCUT2D eigenvalue weighted by molar-refractivity contribution is 0.255. The van der Waals surface area contributed by atoms with Gasteiger partial charge < -0.3 is 10.2 Å². The predicted octanol–water partition coefficient (Wildman–Crippen LogP) is 2.25. The first-order valence-electron chi connectivity index (χ1n) is 6.33. The number of rotatable bonds is 9. The van der Waals surface area contributed by atoms with Gasteiger partial charge in [0.25, 0.3) is 0 Å². The van der Waals surface area contributed by atoms with Crippen LogP contribution in [0.15, 0.2) is 0 Å². The van der Waals surface area contributed by atoms with E-state index >= 15 is 0 Å². The molecule has 1 aliphatic carbocycles. The molecule has 1 fully saturated rings. The van der Waals surface area contributed by atoms with Crippen molar-refractivity contribution in [3.8, 4) is 0 Å². The van der Waals surface area contributed by atoms with Crippen molar-refractivity contribution in [3.05, 3.63) is 0 Å². The highest BCUT2D eigenvalue weighted by atomic mass is 15.2. The van der Waals surface area contributed by atoms with E-state index in [9.17, 15) is 0 Å². The molecule has 1 rings (SSSR count).